The third-order valence-corrected chi connectivity index (χ3v) is 8.53. The Balaban J connectivity index is 1.17. The van der Waals surface area contributed by atoms with Crippen molar-refractivity contribution in [1.29, 1.82) is 0 Å². The molecule has 0 spiro atoms. The van der Waals surface area contributed by atoms with Crippen molar-refractivity contribution in [3.05, 3.63) is 89.5 Å². The number of para-hydroxylation sites is 2. The zero-order valence-electron chi connectivity index (χ0n) is 26.0. The van der Waals surface area contributed by atoms with Gasteiger partial charge in [0.25, 0.3) is 0 Å². The number of nitrogens with two attached hydrogens (primary N) is 1. The van der Waals surface area contributed by atoms with Gasteiger partial charge >= 0.3 is 0 Å². The standard InChI is InChI=1S/C36H46N4O5/c37-31-9-4-5-10-32(31)39-35(43)12-8-11-34(42)38-29-19-17-28(18-20-29)36-44-30(24-40-21-6-2-1-3-7-22-40)23-33(45-36)27-15-13-26(25-41)14-16-27/h4-5,9-10,13-20,30,33,36,41H,1-3,6-8,11-12,21-25,37H2,(H,38,42)(H,39,43)/t30-,33+,36+/m1/s1. The molecule has 3 atom stereocenters. The molecule has 2 fully saturated rings. The number of ether oxygens (including phenoxy) is 2. The highest BCUT2D eigenvalue weighted by Gasteiger charge is 2.33. The molecule has 3 aromatic carbocycles. The number of carbonyl (C=O) groups is 2. The lowest BCUT2D eigenvalue weighted by molar-refractivity contribution is -0.253. The van der Waals surface area contributed by atoms with Gasteiger partial charge in [-0.1, -0.05) is 67.8 Å². The zero-order valence-corrected chi connectivity index (χ0v) is 26.0. The fraction of sp³-hybridized carbons (Fsp3) is 0.444. The van der Waals surface area contributed by atoms with Gasteiger partial charge in [-0.2, -0.15) is 0 Å². The van der Waals surface area contributed by atoms with Crippen molar-refractivity contribution in [3.63, 3.8) is 0 Å². The lowest BCUT2D eigenvalue weighted by Crippen LogP contribution is -2.40. The first-order valence-electron chi connectivity index (χ1n) is 16.2. The number of amides is 2. The molecule has 2 saturated heterocycles. The van der Waals surface area contributed by atoms with Gasteiger partial charge in [0.2, 0.25) is 11.8 Å². The normalized spacial score (nSPS) is 21.0. The average molecular weight is 615 g/mol. The van der Waals surface area contributed by atoms with Crippen LogP contribution in [0, 0.1) is 0 Å². The van der Waals surface area contributed by atoms with Crippen LogP contribution >= 0.6 is 0 Å². The summed E-state index contributed by atoms with van der Waals surface area (Å²) >= 11 is 0. The maximum Gasteiger partial charge on any atom is 0.224 e. The number of likely N-dealkylation sites (tertiary alicyclic amines) is 1. The van der Waals surface area contributed by atoms with Crippen molar-refractivity contribution < 1.29 is 24.2 Å². The number of rotatable bonds is 11. The Kier molecular flexibility index (Phi) is 12.0. The van der Waals surface area contributed by atoms with Gasteiger partial charge in [0, 0.05) is 37.1 Å². The van der Waals surface area contributed by atoms with Crippen LogP contribution < -0.4 is 16.4 Å². The van der Waals surface area contributed by atoms with E-state index in [1.807, 2.05) is 60.7 Å². The van der Waals surface area contributed by atoms with E-state index in [1.54, 1.807) is 12.1 Å². The second-order valence-corrected chi connectivity index (χ2v) is 12.1. The van der Waals surface area contributed by atoms with Crippen LogP contribution in [0.5, 0.6) is 0 Å². The summed E-state index contributed by atoms with van der Waals surface area (Å²) in [7, 11) is 0. The van der Waals surface area contributed by atoms with E-state index in [-0.39, 0.29) is 43.5 Å². The third kappa shape index (κ3) is 9.86. The predicted octanol–water partition coefficient (Wildman–Crippen LogP) is 6.32. The minimum absolute atomic E-state index is 0.0111. The molecule has 0 aromatic heterocycles. The minimum atomic E-state index is -0.539. The smallest absolute Gasteiger partial charge is 0.224 e. The number of hydrogen-bond acceptors (Lipinski definition) is 7. The number of anilines is 3. The van der Waals surface area contributed by atoms with Gasteiger partial charge in [-0.25, -0.2) is 0 Å². The molecule has 45 heavy (non-hydrogen) atoms. The van der Waals surface area contributed by atoms with E-state index in [0.717, 1.165) is 42.7 Å². The number of nitrogens with zero attached hydrogens (tertiary/aromatic N) is 1. The summed E-state index contributed by atoms with van der Waals surface area (Å²) in [5.41, 5.74) is 10.5. The summed E-state index contributed by atoms with van der Waals surface area (Å²) in [6.45, 7) is 3.08. The average Bonchev–Trinajstić information content (AvgIpc) is 3.03. The van der Waals surface area contributed by atoms with E-state index < -0.39 is 6.29 Å². The molecule has 2 heterocycles. The monoisotopic (exact) mass is 614 g/mol. The van der Waals surface area contributed by atoms with Gasteiger partial charge in [-0.05, 0) is 67.7 Å². The molecule has 2 aliphatic rings. The van der Waals surface area contributed by atoms with Gasteiger partial charge in [-0.15, -0.1) is 0 Å². The fourth-order valence-corrected chi connectivity index (χ4v) is 6.00. The number of aliphatic hydroxyl groups is 1. The Morgan fingerprint density at radius 1 is 0.800 bits per heavy atom. The molecule has 3 aromatic rings. The second kappa shape index (κ2) is 16.5. The molecular weight excluding hydrogens is 568 g/mol. The fourth-order valence-electron chi connectivity index (χ4n) is 6.00. The maximum atomic E-state index is 12.6. The van der Waals surface area contributed by atoms with Gasteiger partial charge in [0.15, 0.2) is 6.29 Å². The van der Waals surface area contributed by atoms with Crippen LogP contribution in [0.4, 0.5) is 17.1 Å². The Morgan fingerprint density at radius 3 is 2.13 bits per heavy atom. The number of benzene rings is 3. The molecule has 0 radical (unpaired) electrons. The van der Waals surface area contributed by atoms with Gasteiger partial charge in [0.05, 0.1) is 30.2 Å². The summed E-state index contributed by atoms with van der Waals surface area (Å²) in [4.78, 5) is 27.4. The highest BCUT2D eigenvalue weighted by atomic mass is 16.7. The van der Waals surface area contributed by atoms with E-state index in [2.05, 4.69) is 15.5 Å². The van der Waals surface area contributed by atoms with Crippen LogP contribution in [0.3, 0.4) is 0 Å². The first-order chi connectivity index (χ1) is 22.0. The third-order valence-electron chi connectivity index (χ3n) is 8.53. The molecule has 5 rings (SSSR count). The molecule has 9 heteroatoms. The minimum Gasteiger partial charge on any atom is -0.397 e. The van der Waals surface area contributed by atoms with Gasteiger partial charge < -0.3 is 35.8 Å². The van der Waals surface area contributed by atoms with Gasteiger partial charge in [0.1, 0.15) is 0 Å². The SMILES string of the molecule is Nc1ccccc1NC(=O)CCCC(=O)Nc1ccc([C@H]2O[C@@H](CN3CCCCCCC3)C[C@@H](c3ccc(CO)cc3)O2)cc1. The van der Waals surface area contributed by atoms with Crippen molar-refractivity contribution in [2.45, 2.75) is 82.9 Å². The highest BCUT2D eigenvalue weighted by molar-refractivity contribution is 5.94. The van der Waals surface area contributed by atoms with Gasteiger partial charge in [-0.3, -0.25) is 9.59 Å². The number of hydrogen-bond donors (Lipinski definition) is 4. The summed E-state index contributed by atoms with van der Waals surface area (Å²) in [5, 5.41) is 15.2. The largest absolute Gasteiger partial charge is 0.397 e. The van der Waals surface area contributed by atoms with Crippen LogP contribution in [0.1, 0.15) is 86.9 Å². The Bertz CT molecular complexity index is 1370. The molecule has 9 nitrogen and oxygen atoms in total. The van der Waals surface area contributed by atoms with Crippen LogP contribution in [-0.4, -0.2) is 47.6 Å². The predicted molar refractivity (Wildman–Crippen MR) is 176 cm³/mol. The summed E-state index contributed by atoms with van der Waals surface area (Å²) in [5.74, 6) is -0.329. The summed E-state index contributed by atoms with van der Waals surface area (Å²) < 4.78 is 13.1. The van der Waals surface area contributed by atoms with E-state index >= 15 is 0 Å². The van der Waals surface area contributed by atoms with Crippen molar-refractivity contribution in [3.8, 4) is 0 Å². The van der Waals surface area contributed by atoms with E-state index in [0.29, 0.717) is 23.5 Å². The Hall–Kier alpha value is -3.76. The van der Waals surface area contributed by atoms with E-state index in [1.165, 1.54) is 32.1 Å². The van der Waals surface area contributed by atoms with Crippen LogP contribution in [0.25, 0.3) is 0 Å². The second-order valence-electron chi connectivity index (χ2n) is 12.1. The zero-order chi connectivity index (χ0) is 31.4. The van der Waals surface area contributed by atoms with Crippen molar-refractivity contribution in [2.24, 2.45) is 0 Å². The molecule has 2 amide bonds. The Morgan fingerprint density at radius 2 is 1.44 bits per heavy atom. The molecular formula is C36H46N4O5. The number of nitrogens with one attached hydrogen (secondary N) is 2. The van der Waals surface area contributed by atoms with Crippen molar-refractivity contribution in [1.82, 2.24) is 4.90 Å². The molecule has 2 aliphatic heterocycles. The molecule has 5 N–H and O–H groups in total. The molecule has 0 unspecified atom stereocenters. The van der Waals surface area contributed by atoms with Crippen LogP contribution in [0.2, 0.25) is 0 Å². The molecule has 0 saturated carbocycles. The first kappa shape index (κ1) is 32.6. The maximum absolute atomic E-state index is 12.6. The Labute approximate surface area is 266 Å². The van der Waals surface area contributed by atoms with E-state index in [9.17, 15) is 14.7 Å². The first-order valence-corrected chi connectivity index (χ1v) is 16.2. The highest BCUT2D eigenvalue weighted by Crippen LogP contribution is 2.38. The number of aliphatic hydroxyl groups excluding tert-OH is 1. The lowest BCUT2D eigenvalue weighted by Gasteiger charge is -2.38. The summed E-state index contributed by atoms with van der Waals surface area (Å²) in [6.07, 6.45) is 7.32. The topological polar surface area (TPSA) is 126 Å². The lowest BCUT2D eigenvalue weighted by atomic mass is 9.99. The van der Waals surface area contributed by atoms with Crippen LogP contribution in [-0.2, 0) is 25.7 Å². The molecule has 0 aliphatic carbocycles. The summed E-state index contributed by atoms with van der Waals surface area (Å²) in [6, 6.07) is 22.6. The van der Waals surface area contributed by atoms with E-state index in [4.69, 9.17) is 15.2 Å². The molecule has 0 bridgehead atoms. The number of nitrogen functional groups attached to an aromatic ring is 1. The van der Waals surface area contributed by atoms with Crippen molar-refractivity contribution in [2.75, 3.05) is 36.0 Å². The van der Waals surface area contributed by atoms with Crippen LogP contribution in [0.15, 0.2) is 72.8 Å². The number of carbonyl (C=O) groups excluding carboxylic acids is 2. The van der Waals surface area contributed by atoms with Crippen molar-refractivity contribution >= 4 is 28.9 Å². The molecule has 240 valence electrons. The quantitative estimate of drug-likeness (QED) is 0.186.